The molecule has 2 heterocycles. The molecule has 0 unspecified atom stereocenters. The summed E-state index contributed by atoms with van der Waals surface area (Å²) in [6.45, 7) is 0.576. The normalized spacial score (nSPS) is 11.9. The number of hydrogen-bond donors (Lipinski definition) is 1. The van der Waals surface area contributed by atoms with Gasteiger partial charge in [-0.3, -0.25) is 4.98 Å². The molecule has 0 aliphatic heterocycles. The van der Waals surface area contributed by atoms with Gasteiger partial charge in [-0.15, -0.1) is 0 Å². The van der Waals surface area contributed by atoms with E-state index in [-0.39, 0.29) is 0 Å². The lowest BCUT2D eigenvalue weighted by molar-refractivity contribution is 0.602. The predicted octanol–water partition coefficient (Wildman–Crippen LogP) is 2.55. The fourth-order valence-corrected chi connectivity index (χ4v) is 3.10. The molecule has 0 aliphatic carbocycles. The highest BCUT2D eigenvalue weighted by Crippen LogP contribution is 2.16. The van der Waals surface area contributed by atoms with Crippen molar-refractivity contribution < 1.29 is 8.42 Å². The number of sulfone groups is 1. The molecule has 5 nitrogen and oxygen atoms in total. The maximum Gasteiger partial charge on any atom is 0.178 e. The van der Waals surface area contributed by atoms with Gasteiger partial charge in [-0.25, -0.2) is 8.42 Å². The number of aromatic amines is 1. The maximum absolute atomic E-state index is 11.5. The van der Waals surface area contributed by atoms with E-state index in [1.54, 1.807) is 36.7 Å². The van der Waals surface area contributed by atoms with Crippen LogP contribution in [0, 0.1) is 4.77 Å². The zero-order chi connectivity index (χ0) is 15.0. The van der Waals surface area contributed by atoms with Crippen LogP contribution in [0.15, 0.2) is 47.6 Å². The minimum Gasteiger partial charge on any atom is -0.329 e. The van der Waals surface area contributed by atoms with E-state index >= 15 is 0 Å². The summed E-state index contributed by atoms with van der Waals surface area (Å²) in [5.74, 6) is 0. The minimum atomic E-state index is -3.17. The van der Waals surface area contributed by atoms with Crippen LogP contribution in [0.5, 0.6) is 0 Å². The Hall–Kier alpha value is -1.99. The number of aromatic nitrogens is 3. The first-order valence-corrected chi connectivity index (χ1v) is 8.56. The number of nitrogens with one attached hydrogen (secondary N) is 1. The zero-order valence-electron chi connectivity index (χ0n) is 11.3. The van der Waals surface area contributed by atoms with Gasteiger partial charge in [0.25, 0.3) is 0 Å². The average Bonchev–Trinajstić information content (AvgIpc) is 2.75. The predicted molar refractivity (Wildman–Crippen MR) is 83.6 cm³/mol. The van der Waals surface area contributed by atoms with Crippen LogP contribution in [0.3, 0.4) is 0 Å². The van der Waals surface area contributed by atoms with Gasteiger partial charge in [0.1, 0.15) is 0 Å². The molecule has 0 radical (unpaired) electrons. The monoisotopic (exact) mass is 319 g/mol. The Balaban J connectivity index is 1.99. The van der Waals surface area contributed by atoms with E-state index in [9.17, 15) is 8.42 Å². The number of H-pyrrole nitrogens is 1. The van der Waals surface area contributed by atoms with Crippen molar-refractivity contribution in [2.45, 2.75) is 11.4 Å². The molecule has 3 rings (SSSR count). The number of nitrogens with zero attached hydrogens (tertiary/aromatic N) is 2. The van der Waals surface area contributed by atoms with Gasteiger partial charge >= 0.3 is 0 Å². The lowest BCUT2D eigenvalue weighted by Gasteiger charge is -2.06. The van der Waals surface area contributed by atoms with Crippen LogP contribution in [0.25, 0.3) is 11.0 Å². The molecule has 1 N–H and O–H groups in total. The first-order valence-electron chi connectivity index (χ1n) is 6.27. The lowest BCUT2D eigenvalue weighted by Crippen LogP contribution is -2.01. The van der Waals surface area contributed by atoms with Crippen LogP contribution in [-0.4, -0.2) is 29.2 Å². The van der Waals surface area contributed by atoms with E-state index in [2.05, 4.69) is 9.97 Å². The summed E-state index contributed by atoms with van der Waals surface area (Å²) in [7, 11) is -3.17. The SMILES string of the molecule is CS(=O)(=O)c1ccc(Cn2c(=S)[nH]c3cnccc32)cc1. The summed E-state index contributed by atoms with van der Waals surface area (Å²) in [6, 6.07) is 8.73. The maximum atomic E-state index is 11.5. The highest BCUT2D eigenvalue weighted by molar-refractivity contribution is 7.90. The molecule has 0 atom stereocenters. The van der Waals surface area contributed by atoms with E-state index in [0.29, 0.717) is 16.2 Å². The number of fused-ring (bicyclic) bond motifs is 1. The standard InChI is InChI=1S/C14H13N3O2S2/c1-21(18,19)11-4-2-10(3-5-11)9-17-13-6-7-15-8-12(13)16-14(17)20/h2-8H,9H2,1H3,(H,16,20). The van der Waals surface area contributed by atoms with Crippen LogP contribution in [0.4, 0.5) is 0 Å². The molecule has 0 amide bonds. The number of pyridine rings is 1. The molecule has 0 saturated carbocycles. The first kappa shape index (κ1) is 14.0. The van der Waals surface area contributed by atoms with Crippen molar-refractivity contribution in [3.8, 4) is 0 Å². The molecular formula is C14H13N3O2S2. The molecule has 0 saturated heterocycles. The summed E-state index contributed by atoms with van der Waals surface area (Å²) in [6.07, 6.45) is 4.65. The van der Waals surface area contributed by atoms with Gasteiger partial charge in [0, 0.05) is 12.5 Å². The van der Waals surface area contributed by atoms with Gasteiger partial charge < -0.3 is 9.55 Å². The summed E-state index contributed by atoms with van der Waals surface area (Å²) in [5.41, 5.74) is 2.84. The number of rotatable bonds is 3. The van der Waals surface area contributed by atoms with Crippen LogP contribution in [0.2, 0.25) is 0 Å². The van der Waals surface area contributed by atoms with Gasteiger partial charge in [0.05, 0.1) is 28.7 Å². The summed E-state index contributed by atoms with van der Waals surface area (Å²) in [5, 5.41) is 0. The first-order chi connectivity index (χ1) is 9.95. The van der Waals surface area contributed by atoms with E-state index in [0.717, 1.165) is 16.6 Å². The van der Waals surface area contributed by atoms with Gasteiger partial charge in [-0.2, -0.15) is 0 Å². The highest BCUT2D eigenvalue weighted by atomic mass is 32.2. The Bertz CT molecular complexity index is 954. The largest absolute Gasteiger partial charge is 0.329 e. The molecule has 3 aromatic rings. The van der Waals surface area contributed by atoms with Crippen molar-refractivity contribution in [1.82, 2.24) is 14.5 Å². The second-order valence-corrected chi connectivity index (χ2v) is 7.23. The molecule has 7 heteroatoms. The second kappa shape index (κ2) is 5.09. The van der Waals surface area contributed by atoms with Gasteiger partial charge in [-0.1, -0.05) is 12.1 Å². The summed E-state index contributed by atoms with van der Waals surface area (Å²) < 4.78 is 25.5. The Morgan fingerprint density at radius 3 is 2.62 bits per heavy atom. The average molecular weight is 319 g/mol. The van der Waals surface area contributed by atoms with Gasteiger partial charge in [0.2, 0.25) is 0 Å². The summed E-state index contributed by atoms with van der Waals surface area (Å²) in [4.78, 5) is 7.48. The zero-order valence-corrected chi connectivity index (χ0v) is 12.9. The molecule has 2 aromatic heterocycles. The van der Waals surface area contributed by atoms with E-state index in [4.69, 9.17) is 12.2 Å². The molecule has 21 heavy (non-hydrogen) atoms. The van der Waals surface area contributed by atoms with Crippen molar-refractivity contribution in [3.63, 3.8) is 0 Å². The highest BCUT2D eigenvalue weighted by Gasteiger charge is 2.08. The van der Waals surface area contributed by atoms with Crippen LogP contribution in [-0.2, 0) is 16.4 Å². The Morgan fingerprint density at radius 2 is 1.95 bits per heavy atom. The van der Waals surface area contributed by atoms with Crippen LogP contribution in [0.1, 0.15) is 5.56 Å². The molecule has 0 spiro atoms. The fourth-order valence-electron chi connectivity index (χ4n) is 2.19. The summed E-state index contributed by atoms with van der Waals surface area (Å²) >= 11 is 5.32. The van der Waals surface area contributed by atoms with Crippen molar-refractivity contribution in [3.05, 3.63) is 53.1 Å². The minimum absolute atomic E-state index is 0.318. The van der Waals surface area contributed by atoms with Gasteiger partial charge in [0.15, 0.2) is 14.6 Å². The van der Waals surface area contributed by atoms with Crippen molar-refractivity contribution in [1.29, 1.82) is 0 Å². The quantitative estimate of drug-likeness (QED) is 0.753. The number of imidazole rings is 1. The third-order valence-electron chi connectivity index (χ3n) is 3.27. The topological polar surface area (TPSA) is 67.8 Å². The molecule has 0 fully saturated rings. The fraction of sp³-hybridized carbons (Fsp3) is 0.143. The van der Waals surface area contributed by atoms with E-state index < -0.39 is 9.84 Å². The van der Waals surface area contributed by atoms with Crippen molar-refractivity contribution >= 4 is 33.1 Å². The Morgan fingerprint density at radius 1 is 1.24 bits per heavy atom. The Kier molecular flexibility index (Phi) is 3.38. The van der Waals surface area contributed by atoms with Crippen molar-refractivity contribution in [2.75, 3.05) is 6.26 Å². The second-order valence-electron chi connectivity index (χ2n) is 4.83. The number of hydrogen-bond acceptors (Lipinski definition) is 4. The molecule has 0 bridgehead atoms. The molecular weight excluding hydrogens is 306 g/mol. The smallest absolute Gasteiger partial charge is 0.178 e. The van der Waals surface area contributed by atoms with Gasteiger partial charge in [-0.05, 0) is 36.0 Å². The molecule has 1 aromatic carbocycles. The molecule has 108 valence electrons. The third kappa shape index (κ3) is 2.74. The van der Waals surface area contributed by atoms with Crippen LogP contribution >= 0.6 is 12.2 Å². The van der Waals surface area contributed by atoms with Crippen LogP contribution < -0.4 is 0 Å². The van der Waals surface area contributed by atoms with Crippen molar-refractivity contribution in [2.24, 2.45) is 0 Å². The Labute approximate surface area is 127 Å². The number of benzene rings is 1. The third-order valence-corrected chi connectivity index (χ3v) is 4.72. The lowest BCUT2D eigenvalue weighted by atomic mass is 10.2. The van der Waals surface area contributed by atoms with E-state index in [1.807, 2.05) is 10.6 Å². The van der Waals surface area contributed by atoms with E-state index in [1.165, 1.54) is 6.26 Å². The molecule has 0 aliphatic rings.